The minimum absolute atomic E-state index is 0.0277. The van der Waals surface area contributed by atoms with Crippen LogP contribution in [-0.2, 0) is 23.6 Å². The van der Waals surface area contributed by atoms with Crippen LogP contribution in [0.4, 0.5) is 0 Å². The molecule has 112 valence electrons. The topological polar surface area (TPSA) is 90.0 Å². The lowest BCUT2D eigenvalue weighted by Crippen LogP contribution is -2.24. The summed E-state index contributed by atoms with van der Waals surface area (Å²) in [7, 11) is -1.98. The van der Waals surface area contributed by atoms with Gasteiger partial charge in [-0.25, -0.2) is 13.1 Å². The van der Waals surface area contributed by atoms with Crippen molar-refractivity contribution in [2.75, 3.05) is 0 Å². The zero-order valence-corrected chi connectivity index (χ0v) is 13.5. The second-order valence-electron chi connectivity index (χ2n) is 4.31. The number of halogens is 1. The number of nitrogens with two attached hydrogens (primary N) is 1. The van der Waals surface area contributed by atoms with Gasteiger partial charge in [0.05, 0.1) is 17.3 Å². The van der Waals surface area contributed by atoms with Crippen molar-refractivity contribution in [3.8, 4) is 0 Å². The molecule has 2 rings (SSSR count). The van der Waals surface area contributed by atoms with Gasteiger partial charge in [-0.1, -0.05) is 29.9 Å². The normalized spacial score (nSPS) is 11.5. The van der Waals surface area contributed by atoms with Crippen molar-refractivity contribution in [2.24, 2.45) is 12.8 Å². The third-order valence-electron chi connectivity index (χ3n) is 2.72. The van der Waals surface area contributed by atoms with Crippen molar-refractivity contribution in [1.29, 1.82) is 0 Å². The van der Waals surface area contributed by atoms with Crippen molar-refractivity contribution in [1.82, 2.24) is 14.5 Å². The van der Waals surface area contributed by atoms with E-state index in [9.17, 15) is 8.42 Å². The standard InChI is InChI=1S/C12H13ClN4O2S2/c1-17-5-4-9(16-17)7-15-21(18,19)11-3-2-8(12(14)20)6-10(11)13/h2-6,15H,7H2,1H3,(H2,14,20). The van der Waals surface area contributed by atoms with E-state index in [1.807, 2.05) is 0 Å². The van der Waals surface area contributed by atoms with Crippen LogP contribution in [0.25, 0.3) is 0 Å². The van der Waals surface area contributed by atoms with Gasteiger partial charge in [-0.2, -0.15) is 5.10 Å². The molecule has 0 aliphatic carbocycles. The molecule has 0 unspecified atom stereocenters. The summed E-state index contributed by atoms with van der Waals surface area (Å²) in [6.07, 6.45) is 1.73. The van der Waals surface area contributed by atoms with Crippen LogP contribution in [-0.4, -0.2) is 23.2 Å². The number of thiocarbonyl (C=S) groups is 1. The quantitative estimate of drug-likeness (QED) is 0.795. The van der Waals surface area contributed by atoms with Crippen LogP contribution in [0.15, 0.2) is 35.4 Å². The minimum atomic E-state index is -3.74. The number of nitrogens with one attached hydrogen (secondary N) is 1. The maximum absolute atomic E-state index is 12.2. The second kappa shape index (κ2) is 6.10. The van der Waals surface area contributed by atoms with E-state index >= 15 is 0 Å². The van der Waals surface area contributed by atoms with Gasteiger partial charge in [0.25, 0.3) is 0 Å². The fraction of sp³-hybridized carbons (Fsp3) is 0.167. The van der Waals surface area contributed by atoms with Gasteiger partial charge < -0.3 is 5.73 Å². The third-order valence-corrected chi connectivity index (χ3v) is 4.84. The van der Waals surface area contributed by atoms with E-state index in [4.69, 9.17) is 29.6 Å². The number of aryl methyl sites for hydroxylation is 1. The number of hydrogen-bond acceptors (Lipinski definition) is 4. The summed E-state index contributed by atoms with van der Waals surface area (Å²) in [6.45, 7) is 0.0799. The number of nitrogens with zero attached hydrogens (tertiary/aromatic N) is 2. The molecule has 1 aromatic carbocycles. The maximum atomic E-state index is 12.2. The van der Waals surface area contributed by atoms with Gasteiger partial charge in [0.2, 0.25) is 10.0 Å². The number of hydrogen-bond donors (Lipinski definition) is 2. The Morgan fingerprint density at radius 2 is 2.19 bits per heavy atom. The van der Waals surface area contributed by atoms with E-state index < -0.39 is 10.0 Å². The molecule has 0 aliphatic heterocycles. The minimum Gasteiger partial charge on any atom is -0.389 e. The summed E-state index contributed by atoms with van der Waals surface area (Å²) in [4.78, 5) is 0.127. The predicted molar refractivity (Wildman–Crippen MR) is 84.6 cm³/mol. The molecule has 1 aromatic heterocycles. The third kappa shape index (κ3) is 3.79. The fourth-order valence-corrected chi connectivity index (χ4v) is 3.34. The van der Waals surface area contributed by atoms with E-state index in [1.54, 1.807) is 24.0 Å². The van der Waals surface area contributed by atoms with E-state index in [0.29, 0.717) is 11.3 Å². The van der Waals surface area contributed by atoms with Crippen LogP contribution in [0, 0.1) is 0 Å². The lowest BCUT2D eigenvalue weighted by molar-refractivity contribution is 0.579. The van der Waals surface area contributed by atoms with Crippen LogP contribution < -0.4 is 10.5 Å². The van der Waals surface area contributed by atoms with Crippen molar-refractivity contribution < 1.29 is 8.42 Å². The van der Waals surface area contributed by atoms with Crippen molar-refractivity contribution in [2.45, 2.75) is 11.4 Å². The monoisotopic (exact) mass is 344 g/mol. The molecular weight excluding hydrogens is 332 g/mol. The van der Waals surface area contributed by atoms with Crippen LogP contribution >= 0.6 is 23.8 Å². The van der Waals surface area contributed by atoms with Gasteiger partial charge in [-0.3, -0.25) is 4.68 Å². The van der Waals surface area contributed by atoms with E-state index in [0.717, 1.165) is 0 Å². The molecule has 0 bridgehead atoms. The van der Waals surface area contributed by atoms with Crippen molar-refractivity contribution in [3.63, 3.8) is 0 Å². The summed E-state index contributed by atoms with van der Waals surface area (Å²) in [5.74, 6) is 0. The first-order valence-corrected chi connectivity index (χ1v) is 8.14. The first-order chi connectivity index (χ1) is 9.79. The lowest BCUT2D eigenvalue weighted by atomic mass is 10.2. The Kier molecular flexibility index (Phi) is 4.62. The zero-order valence-electron chi connectivity index (χ0n) is 11.1. The van der Waals surface area contributed by atoms with Crippen molar-refractivity contribution in [3.05, 3.63) is 46.7 Å². The Bertz CT molecular complexity index is 786. The first-order valence-electron chi connectivity index (χ1n) is 5.87. The highest BCUT2D eigenvalue weighted by molar-refractivity contribution is 7.89. The van der Waals surface area contributed by atoms with Crippen LogP contribution in [0.1, 0.15) is 11.3 Å². The highest BCUT2D eigenvalue weighted by Crippen LogP contribution is 2.22. The number of aromatic nitrogens is 2. The Hall–Kier alpha value is -1.48. The van der Waals surface area contributed by atoms with Gasteiger partial charge >= 0.3 is 0 Å². The number of rotatable bonds is 5. The van der Waals surface area contributed by atoms with Gasteiger partial charge in [0, 0.05) is 18.8 Å². The average Bonchev–Trinajstić information content (AvgIpc) is 2.82. The highest BCUT2D eigenvalue weighted by Gasteiger charge is 2.18. The number of sulfonamides is 1. The molecule has 0 saturated carbocycles. The molecule has 2 aromatic rings. The summed E-state index contributed by atoms with van der Waals surface area (Å²) < 4.78 is 28.5. The molecule has 0 atom stereocenters. The molecule has 3 N–H and O–H groups in total. The zero-order chi connectivity index (χ0) is 15.6. The lowest BCUT2D eigenvalue weighted by Gasteiger charge is -2.08. The molecule has 0 radical (unpaired) electrons. The molecular formula is C12H13ClN4O2S2. The summed E-state index contributed by atoms with van der Waals surface area (Å²) in [5, 5.41) is 4.15. The predicted octanol–water partition coefficient (Wildman–Crippen LogP) is 1.19. The van der Waals surface area contributed by atoms with Crippen LogP contribution in [0.5, 0.6) is 0 Å². The smallest absolute Gasteiger partial charge is 0.242 e. The van der Waals surface area contributed by atoms with Gasteiger partial charge in [-0.05, 0) is 18.2 Å². The van der Waals surface area contributed by atoms with Gasteiger partial charge in [-0.15, -0.1) is 0 Å². The molecule has 0 aliphatic rings. The summed E-state index contributed by atoms with van der Waals surface area (Å²) >= 11 is 10.8. The highest BCUT2D eigenvalue weighted by atomic mass is 35.5. The van der Waals surface area contributed by atoms with Gasteiger partial charge in [0.1, 0.15) is 9.88 Å². The number of benzene rings is 1. The van der Waals surface area contributed by atoms with E-state index in [1.165, 1.54) is 18.2 Å². The summed E-state index contributed by atoms with van der Waals surface area (Å²) in [6, 6.07) is 6.04. The molecule has 1 heterocycles. The average molecular weight is 345 g/mol. The Morgan fingerprint density at radius 3 is 2.71 bits per heavy atom. The van der Waals surface area contributed by atoms with Crippen LogP contribution in [0.2, 0.25) is 5.02 Å². The van der Waals surface area contributed by atoms with E-state index in [2.05, 4.69) is 9.82 Å². The molecule has 9 heteroatoms. The largest absolute Gasteiger partial charge is 0.389 e. The Morgan fingerprint density at radius 1 is 1.48 bits per heavy atom. The molecule has 21 heavy (non-hydrogen) atoms. The second-order valence-corrected chi connectivity index (χ2v) is 6.90. The van der Waals surface area contributed by atoms with E-state index in [-0.39, 0.29) is 21.5 Å². The van der Waals surface area contributed by atoms with Gasteiger partial charge in [0.15, 0.2) is 0 Å². The molecule has 0 amide bonds. The first kappa shape index (κ1) is 15.9. The fourth-order valence-electron chi connectivity index (χ4n) is 1.68. The molecule has 6 nitrogen and oxygen atoms in total. The summed E-state index contributed by atoms with van der Waals surface area (Å²) in [5.41, 5.74) is 6.60. The SMILES string of the molecule is Cn1ccc(CNS(=O)(=O)c2ccc(C(N)=S)cc2Cl)n1. The molecule has 0 spiro atoms. The molecule has 0 saturated heterocycles. The Labute approximate surface area is 133 Å². The Balaban J connectivity index is 2.21. The van der Waals surface area contributed by atoms with Crippen molar-refractivity contribution >= 4 is 38.8 Å². The maximum Gasteiger partial charge on any atom is 0.242 e. The van der Waals surface area contributed by atoms with Crippen LogP contribution in [0.3, 0.4) is 0 Å². The molecule has 0 fully saturated rings.